The van der Waals surface area contributed by atoms with Gasteiger partial charge in [-0.15, -0.1) is 11.3 Å². The summed E-state index contributed by atoms with van der Waals surface area (Å²) in [5.41, 5.74) is 0.567. The summed E-state index contributed by atoms with van der Waals surface area (Å²) >= 11 is 1.45. The average Bonchev–Trinajstić information content (AvgIpc) is 3.25. The number of rotatable bonds is 9. The topological polar surface area (TPSA) is 61.9 Å². The summed E-state index contributed by atoms with van der Waals surface area (Å²) in [5.74, 6) is -0.305. The van der Waals surface area contributed by atoms with E-state index in [0.29, 0.717) is 51.4 Å². The zero-order chi connectivity index (χ0) is 22.1. The van der Waals surface area contributed by atoms with Crippen LogP contribution in [0.15, 0.2) is 42.5 Å². The van der Waals surface area contributed by atoms with Crippen LogP contribution in [0.2, 0.25) is 0 Å². The van der Waals surface area contributed by atoms with Gasteiger partial charge < -0.3 is 15.0 Å². The molecule has 166 valence electrons. The number of thiophene rings is 1. The minimum atomic E-state index is -0.252. The zero-order valence-electron chi connectivity index (χ0n) is 17.7. The number of benzene rings is 1. The number of amides is 2. The van der Waals surface area contributed by atoms with Crippen LogP contribution in [0, 0.1) is 5.82 Å². The van der Waals surface area contributed by atoms with Crippen LogP contribution in [0.4, 0.5) is 4.39 Å². The first kappa shape index (κ1) is 23.1. The normalized spacial score (nSPS) is 14.8. The second-order valence-corrected chi connectivity index (χ2v) is 8.43. The molecule has 1 aliphatic heterocycles. The molecule has 1 aromatic heterocycles. The molecule has 1 fully saturated rings. The Morgan fingerprint density at radius 1 is 1.16 bits per heavy atom. The van der Waals surface area contributed by atoms with Crippen molar-refractivity contribution in [2.75, 3.05) is 53.0 Å². The molecule has 2 heterocycles. The minimum Gasteiger partial charge on any atom is -0.385 e. The number of methoxy groups -OCH3 is 1. The third kappa shape index (κ3) is 6.99. The molecule has 3 rings (SSSR count). The Labute approximate surface area is 186 Å². The van der Waals surface area contributed by atoms with Gasteiger partial charge in [0, 0.05) is 67.8 Å². The summed E-state index contributed by atoms with van der Waals surface area (Å²) in [4.78, 5) is 30.0. The van der Waals surface area contributed by atoms with Crippen LogP contribution in [-0.4, -0.2) is 74.6 Å². The molecule has 0 aliphatic carbocycles. The van der Waals surface area contributed by atoms with Crippen LogP contribution in [0.25, 0.3) is 16.5 Å². The Morgan fingerprint density at radius 2 is 1.94 bits per heavy atom. The van der Waals surface area contributed by atoms with E-state index in [4.69, 9.17) is 4.74 Å². The molecule has 0 bridgehead atoms. The standard InChI is InChI=1S/C23H28FN3O3S/c1-30-16-4-11-25-22(28)17-26-12-14-27(15-13-26)23(29)10-8-18-7-9-21(31-18)19-5-2-3-6-20(19)24/h2-3,5-10H,4,11-17H2,1H3,(H,25,28). The number of carbonyl (C=O) groups is 2. The fraction of sp³-hybridized carbons (Fsp3) is 0.391. The van der Waals surface area contributed by atoms with E-state index in [2.05, 4.69) is 10.2 Å². The highest BCUT2D eigenvalue weighted by Gasteiger charge is 2.21. The lowest BCUT2D eigenvalue weighted by Gasteiger charge is -2.33. The van der Waals surface area contributed by atoms with Gasteiger partial charge in [0.25, 0.3) is 0 Å². The van der Waals surface area contributed by atoms with Crippen LogP contribution in [0.5, 0.6) is 0 Å². The van der Waals surface area contributed by atoms with Crippen molar-refractivity contribution in [1.82, 2.24) is 15.1 Å². The average molecular weight is 446 g/mol. The fourth-order valence-corrected chi connectivity index (χ4v) is 4.27. The van der Waals surface area contributed by atoms with Gasteiger partial charge in [-0.3, -0.25) is 14.5 Å². The molecule has 0 radical (unpaired) electrons. The van der Waals surface area contributed by atoms with E-state index in [1.165, 1.54) is 17.4 Å². The molecule has 1 aromatic carbocycles. The van der Waals surface area contributed by atoms with Gasteiger partial charge in [0.15, 0.2) is 0 Å². The first-order chi connectivity index (χ1) is 15.1. The minimum absolute atomic E-state index is 0.000808. The van der Waals surface area contributed by atoms with Crippen molar-refractivity contribution < 1.29 is 18.7 Å². The van der Waals surface area contributed by atoms with Gasteiger partial charge in [-0.2, -0.15) is 0 Å². The van der Waals surface area contributed by atoms with E-state index in [1.54, 1.807) is 36.3 Å². The number of piperazine rings is 1. The fourth-order valence-electron chi connectivity index (χ4n) is 3.34. The van der Waals surface area contributed by atoms with Crippen LogP contribution >= 0.6 is 11.3 Å². The van der Waals surface area contributed by atoms with Crippen molar-refractivity contribution in [3.63, 3.8) is 0 Å². The summed E-state index contributed by atoms with van der Waals surface area (Å²) in [6.07, 6.45) is 4.13. The Hall–Kier alpha value is -2.55. The number of nitrogens with zero attached hydrogens (tertiary/aromatic N) is 2. The molecule has 31 heavy (non-hydrogen) atoms. The zero-order valence-corrected chi connectivity index (χ0v) is 18.5. The number of hydrogen-bond acceptors (Lipinski definition) is 5. The summed E-state index contributed by atoms with van der Waals surface area (Å²) in [6, 6.07) is 10.4. The van der Waals surface area contributed by atoms with Gasteiger partial charge in [-0.25, -0.2) is 4.39 Å². The van der Waals surface area contributed by atoms with E-state index in [0.717, 1.165) is 16.2 Å². The number of halogens is 1. The van der Waals surface area contributed by atoms with Crippen molar-refractivity contribution in [3.8, 4) is 10.4 Å². The summed E-state index contributed by atoms with van der Waals surface area (Å²) < 4.78 is 18.9. The highest BCUT2D eigenvalue weighted by atomic mass is 32.1. The van der Waals surface area contributed by atoms with E-state index >= 15 is 0 Å². The summed E-state index contributed by atoms with van der Waals surface area (Å²) in [5, 5.41) is 2.88. The Morgan fingerprint density at radius 3 is 2.68 bits per heavy atom. The lowest BCUT2D eigenvalue weighted by atomic mass is 10.2. The Bertz CT molecular complexity index is 907. The SMILES string of the molecule is COCCCNC(=O)CN1CCN(C(=O)C=Cc2ccc(-c3ccccc3F)s2)CC1. The largest absolute Gasteiger partial charge is 0.385 e. The van der Waals surface area contributed by atoms with Crippen molar-refractivity contribution in [2.24, 2.45) is 0 Å². The van der Waals surface area contributed by atoms with E-state index in [-0.39, 0.29) is 17.6 Å². The number of nitrogens with one attached hydrogen (secondary N) is 1. The van der Waals surface area contributed by atoms with E-state index in [1.807, 2.05) is 18.2 Å². The number of ether oxygens (including phenoxy) is 1. The first-order valence-electron chi connectivity index (χ1n) is 10.4. The number of carbonyl (C=O) groups excluding carboxylic acids is 2. The molecule has 6 nitrogen and oxygen atoms in total. The highest BCUT2D eigenvalue weighted by molar-refractivity contribution is 7.16. The van der Waals surface area contributed by atoms with Crippen LogP contribution < -0.4 is 5.32 Å². The van der Waals surface area contributed by atoms with Crippen molar-refractivity contribution >= 4 is 29.2 Å². The third-order valence-electron chi connectivity index (χ3n) is 5.05. The molecule has 1 N–H and O–H groups in total. The smallest absolute Gasteiger partial charge is 0.246 e. The van der Waals surface area contributed by atoms with Crippen LogP contribution in [-0.2, 0) is 14.3 Å². The van der Waals surface area contributed by atoms with Gasteiger partial charge in [0.1, 0.15) is 5.82 Å². The van der Waals surface area contributed by atoms with Crippen molar-refractivity contribution in [1.29, 1.82) is 0 Å². The maximum Gasteiger partial charge on any atom is 0.246 e. The van der Waals surface area contributed by atoms with Gasteiger partial charge in [0.05, 0.1) is 6.54 Å². The van der Waals surface area contributed by atoms with Crippen LogP contribution in [0.3, 0.4) is 0 Å². The summed E-state index contributed by atoms with van der Waals surface area (Å²) in [6.45, 7) is 4.10. The molecule has 8 heteroatoms. The second-order valence-electron chi connectivity index (χ2n) is 7.31. The van der Waals surface area contributed by atoms with E-state index in [9.17, 15) is 14.0 Å². The van der Waals surface area contributed by atoms with Gasteiger partial charge >= 0.3 is 0 Å². The highest BCUT2D eigenvalue weighted by Crippen LogP contribution is 2.30. The Kier molecular flexibility index (Phi) is 8.75. The monoisotopic (exact) mass is 445 g/mol. The van der Waals surface area contributed by atoms with Gasteiger partial charge in [0.2, 0.25) is 11.8 Å². The quantitative estimate of drug-likeness (QED) is 0.476. The van der Waals surface area contributed by atoms with Gasteiger partial charge in [-0.1, -0.05) is 18.2 Å². The molecule has 0 spiro atoms. The molecule has 0 atom stereocenters. The maximum atomic E-state index is 13.9. The van der Waals surface area contributed by atoms with Crippen molar-refractivity contribution in [3.05, 3.63) is 53.2 Å². The molecule has 1 saturated heterocycles. The van der Waals surface area contributed by atoms with Crippen molar-refractivity contribution in [2.45, 2.75) is 6.42 Å². The van der Waals surface area contributed by atoms with Crippen LogP contribution in [0.1, 0.15) is 11.3 Å². The van der Waals surface area contributed by atoms with Gasteiger partial charge in [-0.05, 0) is 30.7 Å². The maximum absolute atomic E-state index is 13.9. The second kappa shape index (κ2) is 11.7. The molecular weight excluding hydrogens is 417 g/mol. The third-order valence-corrected chi connectivity index (χ3v) is 6.14. The molecule has 0 saturated carbocycles. The molecule has 1 aliphatic rings. The molecule has 2 aromatic rings. The summed E-state index contributed by atoms with van der Waals surface area (Å²) in [7, 11) is 1.64. The lowest BCUT2D eigenvalue weighted by Crippen LogP contribution is -2.50. The predicted molar refractivity (Wildman–Crippen MR) is 121 cm³/mol. The molecule has 0 unspecified atom stereocenters. The molecule has 2 amide bonds. The molecular formula is C23H28FN3O3S. The first-order valence-corrected chi connectivity index (χ1v) is 11.2. The predicted octanol–water partition coefficient (Wildman–Crippen LogP) is 2.86. The number of hydrogen-bond donors (Lipinski definition) is 1. The lowest BCUT2D eigenvalue weighted by molar-refractivity contribution is -0.128. The van der Waals surface area contributed by atoms with E-state index < -0.39 is 0 Å². The Balaban J connectivity index is 1.43.